The molecule has 6 heteroatoms. The minimum absolute atomic E-state index is 0.251. The van der Waals surface area contributed by atoms with Crippen LogP contribution in [0.4, 0.5) is 0 Å². The van der Waals surface area contributed by atoms with Crippen LogP contribution in [0.25, 0.3) is 0 Å². The van der Waals surface area contributed by atoms with Gasteiger partial charge in [0.2, 0.25) is 0 Å². The molecule has 2 rings (SSSR count). The van der Waals surface area contributed by atoms with Gasteiger partial charge in [0.15, 0.2) is 5.11 Å². The second-order valence-electron chi connectivity index (χ2n) is 4.28. The van der Waals surface area contributed by atoms with Gasteiger partial charge in [-0.15, -0.1) is 0 Å². The van der Waals surface area contributed by atoms with Crippen molar-refractivity contribution in [2.24, 2.45) is 0 Å². The van der Waals surface area contributed by atoms with Crippen molar-refractivity contribution < 1.29 is 4.79 Å². The third-order valence-electron chi connectivity index (χ3n) is 2.90. The number of amides is 1. The first-order chi connectivity index (χ1) is 8.75. The van der Waals surface area contributed by atoms with E-state index in [4.69, 9.17) is 12.2 Å². The molecular formula is C12H16N4OS. The lowest BCUT2D eigenvalue weighted by atomic mass is 10.3. The van der Waals surface area contributed by atoms with Crippen LogP contribution in [-0.2, 0) is 0 Å². The molecule has 0 aliphatic heterocycles. The molecule has 96 valence electrons. The quantitative estimate of drug-likeness (QED) is 0.552. The predicted molar refractivity (Wildman–Crippen MR) is 72.8 cm³/mol. The number of hydrazine groups is 1. The predicted octanol–water partition coefficient (Wildman–Crippen LogP) is 1.13. The summed E-state index contributed by atoms with van der Waals surface area (Å²) < 4.78 is 0. The Labute approximate surface area is 111 Å². The summed E-state index contributed by atoms with van der Waals surface area (Å²) in [5.41, 5.74) is 5.73. The van der Waals surface area contributed by atoms with Gasteiger partial charge in [-0.25, -0.2) is 0 Å². The lowest BCUT2D eigenvalue weighted by molar-refractivity contribution is 0.0943. The minimum atomic E-state index is -0.251. The van der Waals surface area contributed by atoms with Gasteiger partial charge >= 0.3 is 0 Å². The smallest absolute Gasteiger partial charge is 0.271 e. The van der Waals surface area contributed by atoms with Crippen molar-refractivity contribution in [2.45, 2.75) is 31.7 Å². The van der Waals surface area contributed by atoms with Gasteiger partial charge in [-0.2, -0.15) is 0 Å². The van der Waals surface area contributed by atoms with Crippen molar-refractivity contribution in [2.75, 3.05) is 0 Å². The number of nitrogens with one attached hydrogen (secondary N) is 3. The molecule has 0 radical (unpaired) electrons. The SMILES string of the molecule is O=C(NNC(=S)NC1CCCC1)c1cccnc1. The molecule has 1 saturated carbocycles. The average molecular weight is 264 g/mol. The number of nitrogens with zero attached hydrogens (tertiary/aromatic N) is 1. The zero-order valence-electron chi connectivity index (χ0n) is 9.98. The summed E-state index contributed by atoms with van der Waals surface area (Å²) in [4.78, 5) is 15.6. The molecule has 1 aromatic heterocycles. The van der Waals surface area contributed by atoms with Gasteiger partial charge in [-0.05, 0) is 37.2 Å². The second-order valence-corrected chi connectivity index (χ2v) is 4.68. The Morgan fingerprint density at radius 3 is 2.78 bits per heavy atom. The first-order valence-electron chi connectivity index (χ1n) is 6.02. The van der Waals surface area contributed by atoms with Gasteiger partial charge in [-0.1, -0.05) is 12.8 Å². The Balaban J connectivity index is 1.74. The van der Waals surface area contributed by atoms with Gasteiger partial charge in [0.1, 0.15) is 0 Å². The Hall–Kier alpha value is -1.69. The molecule has 1 aliphatic carbocycles. The highest BCUT2D eigenvalue weighted by atomic mass is 32.1. The normalized spacial score (nSPS) is 15.1. The van der Waals surface area contributed by atoms with Gasteiger partial charge in [-0.3, -0.25) is 20.6 Å². The molecule has 1 aliphatic rings. The minimum Gasteiger partial charge on any atom is -0.359 e. The third kappa shape index (κ3) is 3.66. The molecule has 0 spiro atoms. The van der Waals surface area contributed by atoms with Crippen LogP contribution >= 0.6 is 12.2 Å². The maximum Gasteiger partial charge on any atom is 0.271 e. The molecule has 0 atom stereocenters. The second kappa shape index (κ2) is 6.30. The molecule has 1 heterocycles. The first kappa shape index (κ1) is 12.8. The van der Waals surface area contributed by atoms with Gasteiger partial charge in [0, 0.05) is 18.4 Å². The molecule has 1 amide bonds. The summed E-state index contributed by atoms with van der Waals surface area (Å²) in [6.45, 7) is 0. The summed E-state index contributed by atoms with van der Waals surface area (Å²) in [6, 6.07) is 3.84. The van der Waals surface area contributed by atoms with Gasteiger partial charge in [0.25, 0.3) is 5.91 Å². The molecule has 18 heavy (non-hydrogen) atoms. The molecular weight excluding hydrogens is 248 g/mol. The maximum atomic E-state index is 11.7. The number of thiocarbonyl (C=S) groups is 1. The number of rotatable bonds is 2. The topological polar surface area (TPSA) is 66.1 Å². The number of hydrogen-bond acceptors (Lipinski definition) is 3. The molecule has 3 N–H and O–H groups in total. The van der Waals surface area contributed by atoms with Crippen molar-refractivity contribution in [1.82, 2.24) is 21.2 Å². The van der Waals surface area contributed by atoms with E-state index in [1.807, 2.05) is 0 Å². The highest BCUT2D eigenvalue weighted by Gasteiger charge is 2.15. The van der Waals surface area contributed by atoms with Crippen molar-refractivity contribution in [1.29, 1.82) is 0 Å². The van der Waals surface area contributed by atoms with Crippen molar-refractivity contribution in [3.8, 4) is 0 Å². The maximum absolute atomic E-state index is 11.7. The fourth-order valence-corrected chi connectivity index (χ4v) is 2.19. The van der Waals surface area contributed by atoms with Crippen LogP contribution in [0, 0.1) is 0 Å². The molecule has 1 fully saturated rings. The highest BCUT2D eigenvalue weighted by molar-refractivity contribution is 7.80. The molecule has 1 aromatic rings. The summed E-state index contributed by atoms with van der Waals surface area (Å²) in [5.74, 6) is -0.251. The number of carbonyl (C=O) groups excluding carboxylic acids is 1. The lowest BCUT2D eigenvalue weighted by Crippen LogP contribution is -2.49. The molecule has 0 bridgehead atoms. The molecule has 5 nitrogen and oxygen atoms in total. The van der Waals surface area contributed by atoms with Crippen molar-refractivity contribution >= 4 is 23.2 Å². The molecule has 0 unspecified atom stereocenters. The van der Waals surface area contributed by atoms with E-state index in [9.17, 15) is 4.79 Å². The molecule has 0 saturated heterocycles. The Kier molecular flexibility index (Phi) is 4.46. The Bertz CT molecular complexity index is 417. The van der Waals surface area contributed by atoms with E-state index in [-0.39, 0.29) is 5.91 Å². The Morgan fingerprint density at radius 1 is 1.33 bits per heavy atom. The zero-order valence-corrected chi connectivity index (χ0v) is 10.8. The third-order valence-corrected chi connectivity index (χ3v) is 3.12. The fourth-order valence-electron chi connectivity index (χ4n) is 1.97. The number of hydrogen-bond donors (Lipinski definition) is 3. The van der Waals surface area contributed by atoms with Crippen LogP contribution in [0.3, 0.4) is 0 Å². The monoisotopic (exact) mass is 264 g/mol. The number of aromatic nitrogens is 1. The van der Waals surface area contributed by atoms with Crippen LogP contribution in [0.1, 0.15) is 36.0 Å². The highest BCUT2D eigenvalue weighted by Crippen LogP contribution is 2.17. The summed E-state index contributed by atoms with van der Waals surface area (Å²) >= 11 is 5.11. The van der Waals surface area contributed by atoms with Crippen molar-refractivity contribution in [3.05, 3.63) is 30.1 Å². The van der Waals surface area contributed by atoms with Gasteiger partial charge in [0.05, 0.1) is 5.56 Å². The number of carbonyl (C=O) groups is 1. The van der Waals surface area contributed by atoms with E-state index in [1.165, 1.54) is 19.0 Å². The summed E-state index contributed by atoms with van der Waals surface area (Å²) in [7, 11) is 0. The van der Waals surface area contributed by atoms with Crippen LogP contribution in [0.15, 0.2) is 24.5 Å². The lowest BCUT2D eigenvalue weighted by Gasteiger charge is -2.15. The Morgan fingerprint density at radius 2 is 2.11 bits per heavy atom. The van der Waals surface area contributed by atoms with Crippen LogP contribution in [0.2, 0.25) is 0 Å². The standard InChI is InChI=1S/C12H16N4OS/c17-11(9-4-3-7-13-8-9)15-16-12(18)14-10-5-1-2-6-10/h3-4,7-8,10H,1-2,5-6H2,(H,15,17)(H2,14,16,18). The average Bonchev–Trinajstić information content (AvgIpc) is 2.90. The largest absolute Gasteiger partial charge is 0.359 e. The van der Waals surface area contributed by atoms with Crippen molar-refractivity contribution in [3.63, 3.8) is 0 Å². The zero-order chi connectivity index (χ0) is 12.8. The van der Waals surface area contributed by atoms with E-state index in [1.54, 1.807) is 18.3 Å². The first-order valence-corrected chi connectivity index (χ1v) is 6.43. The summed E-state index contributed by atoms with van der Waals surface area (Å²) in [6.07, 6.45) is 7.88. The number of pyridine rings is 1. The van der Waals surface area contributed by atoms with E-state index in [2.05, 4.69) is 21.2 Å². The fraction of sp³-hybridized carbons (Fsp3) is 0.417. The van der Waals surface area contributed by atoms with Crippen LogP contribution in [0.5, 0.6) is 0 Å². The van der Waals surface area contributed by atoms with E-state index < -0.39 is 0 Å². The van der Waals surface area contributed by atoms with E-state index in [0.717, 1.165) is 12.8 Å². The van der Waals surface area contributed by atoms with Crippen LogP contribution in [-0.4, -0.2) is 22.0 Å². The van der Waals surface area contributed by atoms with E-state index in [0.29, 0.717) is 16.7 Å². The van der Waals surface area contributed by atoms with E-state index >= 15 is 0 Å². The van der Waals surface area contributed by atoms with Crippen LogP contribution < -0.4 is 16.2 Å². The van der Waals surface area contributed by atoms with Gasteiger partial charge < -0.3 is 5.32 Å². The summed E-state index contributed by atoms with van der Waals surface area (Å²) in [5, 5.41) is 3.63. The molecule has 0 aromatic carbocycles.